The maximum atomic E-state index is 14.2. The molecule has 4 aromatic rings. The van der Waals surface area contributed by atoms with Crippen molar-refractivity contribution in [3.63, 3.8) is 0 Å². The second kappa shape index (κ2) is 6.32. The first-order chi connectivity index (χ1) is 13.4. The van der Waals surface area contributed by atoms with Gasteiger partial charge < -0.3 is 5.11 Å². The zero-order chi connectivity index (χ0) is 20.0. The summed E-state index contributed by atoms with van der Waals surface area (Å²) in [6.07, 6.45) is 1.85. The van der Waals surface area contributed by atoms with Crippen LogP contribution >= 0.6 is 0 Å². The molecule has 8 heteroatoms. The molecule has 0 aliphatic rings. The van der Waals surface area contributed by atoms with Gasteiger partial charge in [-0.05, 0) is 43.3 Å². The van der Waals surface area contributed by atoms with Crippen LogP contribution in [-0.2, 0) is 7.05 Å². The van der Waals surface area contributed by atoms with Gasteiger partial charge in [-0.25, -0.2) is 14.2 Å². The van der Waals surface area contributed by atoms with Gasteiger partial charge in [-0.3, -0.25) is 9.25 Å². The van der Waals surface area contributed by atoms with Gasteiger partial charge in [0.2, 0.25) is 0 Å². The molecule has 2 aromatic carbocycles. The van der Waals surface area contributed by atoms with Gasteiger partial charge in [0.05, 0.1) is 16.8 Å². The highest BCUT2D eigenvalue weighted by atomic mass is 19.1. The van der Waals surface area contributed by atoms with E-state index in [9.17, 15) is 14.3 Å². The summed E-state index contributed by atoms with van der Waals surface area (Å²) in [6.45, 7) is 1.65. The van der Waals surface area contributed by atoms with Crippen molar-refractivity contribution in [2.45, 2.75) is 6.92 Å². The maximum absolute atomic E-state index is 14.2. The molecule has 0 fully saturated rings. The largest absolute Gasteiger partial charge is 0.476 e. The predicted molar refractivity (Wildman–Crippen MR) is 99.6 cm³/mol. The number of benzene rings is 2. The average Bonchev–Trinajstić information content (AvgIpc) is 3.19. The van der Waals surface area contributed by atoms with Crippen molar-refractivity contribution in [1.29, 1.82) is 5.26 Å². The molecule has 0 saturated carbocycles. The fourth-order valence-corrected chi connectivity index (χ4v) is 3.23. The van der Waals surface area contributed by atoms with Crippen molar-refractivity contribution >= 4 is 16.9 Å². The molecule has 0 unspecified atom stereocenters. The summed E-state index contributed by atoms with van der Waals surface area (Å²) in [5, 5.41) is 23.7. The summed E-state index contributed by atoms with van der Waals surface area (Å²) in [6, 6.07) is 11.4. The minimum Gasteiger partial charge on any atom is -0.476 e. The van der Waals surface area contributed by atoms with E-state index in [0.717, 1.165) is 10.9 Å². The van der Waals surface area contributed by atoms with Crippen LogP contribution in [-0.4, -0.2) is 30.4 Å². The zero-order valence-electron chi connectivity index (χ0n) is 15.0. The third-order valence-electron chi connectivity index (χ3n) is 4.52. The lowest BCUT2D eigenvalue weighted by molar-refractivity contribution is 0.0690. The lowest BCUT2D eigenvalue weighted by Gasteiger charge is -2.11. The highest BCUT2D eigenvalue weighted by Crippen LogP contribution is 2.29. The molecule has 0 radical (unpaired) electrons. The van der Waals surface area contributed by atoms with Gasteiger partial charge in [0.25, 0.3) is 0 Å². The number of nitriles is 1. The Balaban J connectivity index is 1.98. The van der Waals surface area contributed by atoms with Crippen molar-refractivity contribution in [3.8, 4) is 23.1 Å². The Morgan fingerprint density at radius 3 is 2.71 bits per heavy atom. The molecular weight excluding hydrogens is 361 g/mol. The van der Waals surface area contributed by atoms with Crippen molar-refractivity contribution in [1.82, 2.24) is 19.3 Å². The summed E-state index contributed by atoms with van der Waals surface area (Å²) in [5.41, 5.74) is 2.06. The molecule has 2 aromatic heterocycles. The molecule has 0 saturated heterocycles. The van der Waals surface area contributed by atoms with Gasteiger partial charge in [-0.1, -0.05) is 0 Å². The van der Waals surface area contributed by atoms with E-state index in [1.165, 1.54) is 12.1 Å². The summed E-state index contributed by atoms with van der Waals surface area (Å²) in [5.74, 6) is -1.58. The molecule has 28 heavy (non-hydrogen) atoms. The lowest BCUT2D eigenvalue weighted by atomic mass is 10.1. The molecule has 2 heterocycles. The molecule has 7 nitrogen and oxygen atoms in total. The maximum Gasteiger partial charge on any atom is 0.356 e. The molecule has 0 atom stereocenters. The van der Waals surface area contributed by atoms with Crippen molar-refractivity contribution < 1.29 is 14.3 Å². The van der Waals surface area contributed by atoms with E-state index >= 15 is 0 Å². The minimum absolute atomic E-state index is 0.0891. The Hall–Kier alpha value is -3.99. The Labute approximate surface area is 158 Å². The van der Waals surface area contributed by atoms with Crippen LogP contribution in [0.25, 0.3) is 28.0 Å². The molecule has 1 N–H and O–H groups in total. The number of halogens is 1. The summed E-state index contributed by atoms with van der Waals surface area (Å²) in [7, 11) is 1.82. The predicted octanol–water partition coefficient (Wildman–Crippen LogP) is 3.44. The van der Waals surface area contributed by atoms with Crippen LogP contribution in [0.3, 0.4) is 0 Å². The first-order valence-corrected chi connectivity index (χ1v) is 8.35. The Bertz CT molecular complexity index is 1300. The first kappa shape index (κ1) is 17.4. The van der Waals surface area contributed by atoms with E-state index in [2.05, 4.69) is 10.1 Å². The smallest absolute Gasteiger partial charge is 0.356 e. The molecule has 0 spiro atoms. The van der Waals surface area contributed by atoms with E-state index in [1.807, 2.05) is 25.4 Å². The average molecular weight is 375 g/mol. The highest BCUT2D eigenvalue weighted by molar-refractivity contribution is 5.88. The van der Waals surface area contributed by atoms with Gasteiger partial charge in [0.1, 0.15) is 17.7 Å². The second-order valence-electron chi connectivity index (χ2n) is 6.36. The lowest BCUT2D eigenvalue weighted by Crippen LogP contribution is -2.02. The number of carboxylic acid groups (broad SMARTS) is 1. The molecule has 0 bridgehead atoms. The number of hydrogen-bond donors (Lipinski definition) is 1. The number of fused-ring (bicyclic) bond motifs is 1. The van der Waals surface area contributed by atoms with Crippen molar-refractivity contribution in [3.05, 3.63) is 65.4 Å². The number of aromatic nitrogens is 4. The van der Waals surface area contributed by atoms with Crippen LogP contribution < -0.4 is 0 Å². The minimum atomic E-state index is -1.17. The van der Waals surface area contributed by atoms with Crippen LogP contribution in [0.2, 0.25) is 0 Å². The van der Waals surface area contributed by atoms with Crippen LogP contribution in [0.4, 0.5) is 4.39 Å². The summed E-state index contributed by atoms with van der Waals surface area (Å²) in [4.78, 5) is 15.9. The number of carbonyl (C=O) groups is 1. The van der Waals surface area contributed by atoms with Gasteiger partial charge in [-0.2, -0.15) is 10.4 Å². The number of rotatable bonds is 3. The van der Waals surface area contributed by atoms with Crippen molar-refractivity contribution in [2.24, 2.45) is 7.05 Å². The second-order valence-corrected chi connectivity index (χ2v) is 6.36. The van der Waals surface area contributed by atoms with Crippen molar-refractivity contribution in [2.75, 3.05) is 0 Å². The van der Waals surface area contributed by atoms with Crippen LogP contribution in [0, 0.1) is 24.1 Å². The highest BCUT2D eigenvalue weighted by Gasteiger charge is 2.22. The topological polar surface area (TPSA) is 96.7 Å². The van der Waals surface area contributed by atoms with Gasteiger partial charge >= 0.3 is 5.97 Å². The zero-order valence-corrected chi connectivity index (χ0v) is 15.0. The van der Waals surface area contributed by atoms with Crippen LogP contribution in [0.15, 0.2) is 42.6 Å². The molecule has 4 rings (SSSR count). The fourth-order valence-electron chi connectivity index (χ4n) is 3.23. The number of aryl methyl sites for hydroxylation is 1. The van der Waals surface area contributed by atoms with E-state index in [1.54, 1.807) is 34.4 Å². The number of carboxylic acids is 1. The SMILES string of the molecule is Cc1c(C(=O)O)nc(-c2ccc(C#N)c(F)c2)n1-c1ccc2nn(C)cc2c1. The third kappa shape index (κ3) is 2.70. The molecule has 0 aliphatic carbocycles. The third-order valence-corrected chi connectivity index (χ3v) is 4.52. The van der Waals surface area contributed by atoms with Gasteiger partial charge in [0, 0.05) is 29.9 Å². The monoisotopic (exact) mass is 375 g/mol. The van der Waals surface area contributed by atoms with Crippen LogP contribution in [0.5, 0.6) is 0 Å². The number of imidazole rings is 1. The van der Waals surface area contributed by atoms with E-state index in [0.29, 0.717) is 16.9 Å². The van der Waals surface area contributed by atoms with E-state index in [4.69, 9.17) is 5.26 Å². The van der Waals surface area contributed by atoms with Gasteiger partial charge in [-0.15, -0.1) is 0 Å². The first-order valence-electron chi connectivity index (χ1n) is 8.35. The van der Waals surface area contributed by atoms with E-state index < -0.39 is 11.8 Å². The molecule has 0 aliphatic heterocycles. The molecule has 0 amide bonds. The standard InChI is InChI=1S/C20H14FN5O2/c1-11-18(20(27)28)23-19(12-3-4-13(9-22)16(21)8-12)26(11)15-5-6-17-14(7-15)10-25(2)24-17/h3-8,10H,1-2H3,(H,27,28). The van der Waals surface area contributed by atoms with Gasteiger partial charge in [0.15, 0.2) is 5.69 Å². The molecular formula is C20H14FN5O2. The summed E-state index contributed by atoms with van der Waals surface area (Å²) >= 11 is 0. The Morgan fingerprint density at radius 2 is 2.04 bits per heavy atom. The fraction of sp³-hybridized carbons (Fsp3) is 0.100. The quantitative estimate of drug-likeness (QED) is 0.592. The summed E-state index contributed by atoms with van der Waals surface area (Å²) < 4.78 is 17.5. The van der Waals surface area contributed by atoms with E-state index in [-0.39, 0.29) is 17.1 Å². The number of hydrogen-bond acceptors (Lipinski definition) is 4. The Morgan fingerprint density at radius 1 is 1.25 bits per heavy atom. The number of nitrogens with zero attached hydrogens (tertiary/aromatic N) is 5. The normalized spacial score (nSPS) is 10.9. The molecule has 138 valence electrons. The van der Waals surface area contributed by atoms with Crippen LogP contribution in [0.1, 0.15) is 21.7 Å². The Kier molecular flexibility index (Phi) is 3.93. The number of aromatic carboxylic acids is 1.